The molecule has 0 amide bonds. The monoisotopic (exact) mass is 166 g/mol. The normalized spacial score (nSPS) is 28.2. The van der Waals surface area contributed by atoms with Crippen molar-refractivity contribution in [2.75, 3.05) is 0 Å². The molecule has 0 radical (unpaired) electrons. The van der Waals surface area contributed by atoms with Crippen molar-refractivity contribution in [2.24, 2.45) is 10.8 Å². The van der Waals surface area contributed by atoms with Gasteiger partial charge in [-0.25, -0.2) is 0 Å². The summed E-state index contributed by atoms with van der Waals surface area (Å²) < 4.78 is 7.98. The molecule has 0 N–H and O–H groups in total. The van der Waals surface area contributed by atoms with Gasteiger partial charge in [0, 0.05) is 10.8 Å². The van der Waals surface area contributed by atoms with Gasteiger partial charge in [-0.15, -0.1) is 0 Å². The van der Waals surface area contributed by atoms with E-state index < -0.39 is 0 Å². The van der Waals surface area contributed by atoms with E-state index in [1.54, 1.807) is 0 Å². The first kappa shape index (κ1) is 8.10. The lowest BCUT2D eigenvalue weighted by Gasteiger charge is -2.36. The molecule has 12 heavy (non-hydrogen) atoms. The highest BCUT2D eigenvalue weighted by Crippen LogP contribution is 2.43. The largest absolute Gasteiger partial charge is 0.0780 e. The number of rotatable bonds is 0. The van der Waals surface area contributed by atoms with Crippen molar-refractivity contribution in [2.45, 2.75) is 41.5 Å². The van der Waals surface area contributed by atoms with Crippen LogP contribution in [-0.4, -0.2) is 0 Å². The minimum Gasteiger partial charge on any atom is -0.0780 e. The quantitative estimate of drug-likeness (QED) is 0.478. The summed E-state index contributed by atoms with van der Waals surface area (Å²) in [5, 5.41) is 0. The molecule has 0 nitrogen and oxygen atoms in total. The fraction of sp³-hybridized carbons (Fsp3) is 0.667. The minimum absolute atomic E-state index is 0.0662. The molecule has 0 aromatic carbocycles. The zero-order chi connectivity index (χ0) is 10.4. The first-order chi connectivity index (χ1) is 5.69. The summed E-state index contributed by atoms with van der Waals surface area (Å²) in [5.41, 5.74) is 2.76. The van der Waals surface area contributed by atoms with Crippen molar-refractivity contribution in [3.05, 3.63) is 23.3 Å². The van der Waals surface area contributed by atoms with E-state index in [2.05, 4.69) is 47.6 Å². The summed E-state index contributed by atoms with van der Waals surface area (Å²) in [7, 11) is 0. The van der Waals surface area contributed by atoms with Gasteiger partial charge in [0.1, 0.15) is 0 Å². The molecule has 0 aromatic rings. The van der Waals surface area contributed by atoms with Crippen LogP contribution in [0.25, 0.3) is 0 Å². The van der Waals surface area contributed by atoms with Crippen LogP contribution in [0.1, 0.15) is 42.9 Å². The predicted molar refractivity (Wildman–Crippen MR) is 55.1 cm³/mol. The molecule has 0 heteroatoms. The second kappa shape index (κ2) is 2.48. The van der Waals surface area contributed by atoms with E-state index in [-0.39, 0.29) is 10.8 Å². The van der Waals surface area contributed by atoms with Crippen LogP contribution < -0.4 is 0 Å². The number of hydrogen-bond acceptors (Lipinski definition) is 0. The Bertz CT molecular complexity index is 290. The van der Waals surface area contributed by atoms with Gasteiger partial charge in [0.15, 0.2) is 0 Å². The lowest BCUT2D eigenvalue weighted by molar-refractivity contribution is 0.476. The fourth-order valence-corrected chi connectivity index (χ4v) is 1.53. The topological polar surface area (TPSA) is 0 Å². The molecule has 1 rings (SSSR count). The summed E-state index contributed by atoms with van der Waals surface area (Å²) in [5.74, 6) is 0. The maximum Gasteiger partial charge on any atom is 0.0582 e. The lowest BCUT2D eigenvalue weighted by Crippen LogP contribution is -2.23. The molecule has 0 saturated carbocycles. The van der Waals surface area contributed by atoms with Crippen LogP contribution in [0.15, 0.2) is 23.3 Å². The summed E-state index contributed by atoms with van der Waals surface area (Å²) >= 11 is 0. The van der Waals surface area contributed by atoms with Gasteiger partial charge in [-0.3, -0.25) is 0 Å². The molecule has 0 unspecified atom stereocenters. The van der Waals surface area contributed by atoms with Crippen molar-refractivity contribution in [3.63, 3.8) is 0 Å². The third kappa shape index (κ3) is 1.35. The predicted octanol–water partition coefficient (Wildman–Crippen LogP) is 3.95. The third-order valence-electron chi connectivity index (χ3n) is 3.26. The van der Waals surface area contributed by atoms with Crippen LogP contribution in [-0.2, 0) is 0 Å². The second-order valence-electron chi connectivity index (χ2n) is 4.89. The van der Waals surface area contributed by atoms with Gasteiger partial charge in [0.25, 0.3) is 0 Å². The Kier molecular flexibility index (Phi) is 1.67. The molecule has 0 atom stereocenters. The van der Waals surface area contributed by atoms with E-state index in [0.717, 1.165) is 6.05 Å². The Morgan fingerprint density at radius 3 is 1.92 bits per heavy atom. The molecular weight excluding hydrogens is 144 g/mol. The van der Waals surface area contributed by atoms with Crippen LogP contribution >= 0.6 is 0 Å². The van der Waals surface area contributed by atoms with Gasteiger partial charge < -0.3 is 0 Å². The van der Waals surface area contributed by atoms with Gasteiger partial charge in [0.2, 0.25) is 0 Å². The van der Waals surface area contributed by atoms with E-state index >= 15 is 0 Å². The maximum atomic E-state index is 7.98. The van der Waals surface area contributed by atoms with Crippen LogP contribution in [0, 0.1) is 10.8 Å². The first-order valence-electron chi connectivity index (χ1n) is 5.08. The van der Waals surface area contributed by atoms with Gasteiger partial charge in [-0.05, 0) is 13.8 Å². The van der Waals surface area contributed by atoms with Crippen molar-refractivity contribution >= 4 is 0 Å². The average molecular weight is 166 g/mol. The molecule has 1 aliphatic rings. The standard InChI is InChI=1S/C12H20/c1-9-10(2)12(5,6)8-7-11(9,3)4/h7-8H,1-6H3/i7T. The van der Waals surface area contributed by atoms with Crippen molar-refractivity contribution in [1.82, 2.24) is 0 Å². The van der Waals surface area contributed by atoms with E-state index in [4.69, 9.17) is 1.37 Å². The minimum atomic E-state index is -0.0698. The van der Waals surface area contributed by atoms with Crippen LogP contribution in [0.3, 0.4) is 0 Å². The fourth-order valence-electron chi connectivity index (χ4n) is 1.53. The SMILES string of the molecule is [3H]C1=CC(C)(C)C(C)=C(C)C1(C)C. The Hall–Kier alpha value is -0.520. The summed E-state index contributed by atoms with van der Waals surface area (Å²) in [4.78, 5) is 0. The molecule has 0 spiro atoms. The molecule has 0 aliphatic heterocycles. The Morgan fingerprint density at radius 1 is 1.00 bits per heavy atom. The Balaban J connectivity index is 3.30. The maximum absolute atomic E-state index is 7.98. The summed E-state index contributed by atoms with van der Waals surface area (Å²) in [6.45, 7) is 12.9. The van der Waals surface area contributed by atoms with Crippen molar-refractivity contribution in [1.29, 1.82) is 0 Å². The number of hydrogen-bond donors (Lipinski definition) is 0. The van der Waals surface area contributed by atoms with Crippen LogP contribution in [0.5, 0.6) is 0 Å². The summed E-state index contributed by atoms with van der Waals surface area (Å²) in [6, 6.07) is 0.751. The highest BCUT2D eigenvalue weighted by atomic mass is 14.3. The van der Waals surface area contributed by atoms with E-state index in [1.165, 1.54) is 11.1 Å². The average Bonchev–Trinajstić information content (AvgIpc) is 1.98. The van der Waals surface area contributed by atoms with Gasteiger partial charge in [0.05, 0.1) is 1.37 Å². The van der Waals surface area contributed by atoms with E-state index in [1.807, 2.05) is 0 Å². The van der Waals surface area contributed by atoms with E-state index in [9.17, 15) is 0 Å². The zero-order valence-corrected chi connectivity index (χ0v) is 9.08. The third-order valence-corrected chi connectivity index (χ3v) is 3.26. The molecule has 1 aliphatic carbocycles. The smallest absolute Gasteiger partial charge is 0.0582 e. The van der Waals surface area contributed by atoms with Crippen molar-refractivity contribution in [3.8, 4) is 0 Å². The molecule has 0 bridgehead atoms. The van der Waals surface area contributed by atoms with Gasteiger partial charge >= 0.3 is 0 Å². The first-order valence-corrected chi connectivity index (χ1v) is 4.58. The van der Waals surface area contributed by atoms with Crippen LogP contribution in [0.2, 0.25) is 0 Å². The molecule has 68 valence electrons. The van der Waals surface area contributed by atoms with E-state index in [0.29, 0.717) is 0 Å². The molecular formula is C12H20. The molecule has 0 saturated heterocycles. The Morgan fingerprint density at radius 2 is 1.42 bits per heavy atom. The van der Waals surface area contributed by atoms with Crippen LogP contribution in [0.4, 0.5) is 0 Å². The highest BCUT2D eigenvalue weighted by Gasteiger charge is 2.29. The molecule has 0 aromatic heterocycles. The highest BCUT2D eigenvalue weighted by molar-refractivity contribution is 5.34. The lowest BCUT2D eigenvalue weighted by atomic mass is 9.69. The zero-order valence-electron chi connectivity index (χ0n) is 10.1. The summed E-state index contributed by atoms with van der Waals surface area (Å²) in [6.07, 6.45) is 2.08. The van der Waals surface area contributed by atoms with Gasteiger partial charge in [-0.1, -0.05) is 51.0 Å². The van der Waals surface area contributed by atoms with Gasteiger partial charge in [-0.2, -0.15) is 0 Å². The van der Waals surface area contributed by atoms with Crippen molar-refractivity contribution < 1.29 is 1.37 Å². The second-order valence-corrected chi connectivity index (χ2v) is 4.89. The number of allylic oxidation sites excluding steroid dienone is 4. The molecule has 0 heterocycles. The molecule has 0 fully saturated rings. The Labute approximate surface area is 77.8 Å².